The van der Waals surface area contributed by atoms with Gasteiger partial charge in [-0.3, -0.25) is 4.90 Å². The van der Waals surface area contributed by atoms with E-state index < -0.39 is 0 Å². The van der Waals surface area contributed by atoms with Gasteiger partial charge in [0.1, 0.15) is 0 Å². The van der Waals surface area contributed by atoms with Crippen LogP contribution >= 0.6 is 0 Å². The van der Waals surface area contributed by atoms with E-state index >= 15 is 0 Å². The van der Waals surface area contributed by atoms with Gasteiger partial charge in [0.25, 0.3) is 0 Å². The summed E-state index contributed by atoms with van der Waals surface area (Å²) in [5, 5.41) is 0. The summed E-state index contributed by atoms with van der Waals surface area (Å²) >= 11 is 0. The molecule has 0 bridgehead atoms. The van der Waals surface area contributed by atoms with E-state index in [0.29, 0.717) is 11.8 Å². The van der Waals surface area contributed by atoms with Crippen LogP contribution in [-0.4, -0.2) is 44.2 Å². The summed E-state index contributed by atoms with van der Waals surface area (Å²) in [7, 11) is 1.52. The van der Waals surface area contributed by atoms with E-state index in [1.165, 1.54) is 13.2 Å². The van der Waals surface area contributed by atoms with Crippen molar-refractivity contribution < 1.29 is 9.13 Å². The Hall–Kier alpha value is -1.29. The lowest BCUT2D eigenvalue weighted by molar-refractivity contribution is 0.209. The van der Waals surface area contributed by atoms with Gasteiger partial charge in [-0.05, 0) is 26.0 Å². The first kappa shape index (κ1) is 13.1. The number of halogens is 1. The Morgan fingerprint density at radius 1 is 1.17 bits per heavy atom. The monoisotopic (exact) mass is 252 g/mol. The maximum absolute atomic E-state index is 13.6. The number of benzene rings is 1. The third kappa shape index (κ3) is 2.58. The molecule has 3 nitrogen and oxygen atoms in total. The van der Waals surface area contributed by atoms with Gasteiger partial charge in [0.05, 0.1) is 12.8 Å². The fourth-order valence-electron chi connectivity index (χ4n) is 2.43. The number of piperazine rings is 1. The second kappa shape index (κ2) is 5.57. The van der Waals surface area contributed by atoms with Crippen molar-refractivity contribution in [2.24, 2.45) is 0 Å². The smallest absolute Gasteiger partial charge is 0.177 e. The van der Waals surface area contributed by atoms with Crippen molar-refractivity contribution in [2.45, 2.75) is 19.9 Å². The lowest BCUT2D eigenvalue weighted by Crippen LogP contribution is -2.49. The van der Waals surface area contributed by atoms with E-state index in [0.717, 1.165) is 31.9 Å². The van der Waals surface area contributed by atoms with Gasteiger partial charge in [0.15, 0.2) is 11.6 Å². The summed E-state index contributed by atoms with van der Waals surface area (Å²) in [5.74, 6) is 0.0665. The van der Waals surface area contributed by atoms with Crippen LogP contribution < -0.4 is 9.64 Å². The van der Waals surface area contributed by atoms with Gasteiger partial charge in [0, 0.05) is 32.2 Å². The molecule has 18 heavy (non-hydrogen) atoms. The summed E-state index contributed by atoms with van der Waals surface area (Å²) in [5.41, 5.74) is 0.862. The maximum Gasteiger partial charge on any atom is 0.177 e. The molecule has 0 N–H and O–H groups in total. The highest BCUT2D eigenvalue weighted by Crippen LogP contribution is 2.31. The van der Waals surface area contributed by atoms with E-state index in [9.17, 15) is 4.39 Å². The molecule has 1 aliphatic heterocycles. The molecule has 4 heteroatoms. The molecule has 0 aliphatic carbocycles. The van der Waals surface area contributed by atoms with Crippen molar-refractivity contribution in [2.75, 3.05) is 38.2 Å². The molecule has 2 rings (SSSR count). The van der Waals surface area contributed by atoms with Gasteiger partial charge in [-0.2, -0.15) is 0 Å². The fourth-order valence-corrected chi connectivity index (χ4v) is 2.43. The Balaban J connectivity index is 2.12. The zero-order valence-corrected chi connectivity index (χ0v) is 11.3. The first-order valence-corrected chi connectivity index (χ1v) is 6.45. The molecule has 0 unspecified atom stereocenters. The molecule has 0 aromatic heterocycles. The zero-order chi connectivity index (χ0) is 13.1. The van der Waals surface area contributed by atoms with Crippen molar-refractivity contribution in [1.82, 2.24) is 4.90 Å². The molecule has 0 radical (unpaired) electrons. The number of hydrogen-bond donors (Lipinski definition) is 0. The quantitative estimate of drug-likeness (QED) is 0.821. The second-order valence-electron chi connectivity index (χ2n) is 4.91. The van der Waals surface area contributed by atoms with Gasteiger partial charge in [0.2, 0.25) is 0 Å². The molecule has 0 spiro atoms. The zero-order valence-electron chi connectivity index (χ0n) is 11.3. The number of anilines is 1. The molecule has 0 saturated carbocycles. The fraction of sp³-hybridized carbons (Fsp3) is 0.571. The van der Waals surface area contributed by atoms with Crippen molar-refractivity contribution in [1.29, 1.82) is 0 Å². The predicted octanol–water partition coefficient (Wildman–Crippen LogP) is 2.36. The minimum Gasteiger partial charge on any atom is -0.492 e. The SMILES string of the molecule is COc1c(F)cccc1N1CCN(C(C)C)CC1. The second-order valence-corrected chi connectivity index (χ2v) is 4.91. The molecule has 0 amide bonds. The van der Waals surface area contributed by atoms with Crippen molar-refractivity contribution in [3.05, 3.63) is 24.0 Å². The van der Waals surface area contributed by atoms with Crippen molar-refractivity contribution in [3.63, 3.8) is 0 Å². The molecule has 100 valence electrons. The Labute approximate surface area is 108 Å². The number of nitrogens with zero attached hydrogens (tertiary/aromatic N) is 2. The van der Waals surface area contributed by atoms with Crippen LogP contribution in [0.5, 0.6) is 5.75 Å². The van der Waals surface area contributed by atoms with Gasteiger partial charge in [-0.15, -0.1) is 0 Å². The first-order chi connectivity index (χ1) is 8.63. The summed E-state index contributed by atoms with van der Waals surface area (Å²) < 4.78 is 18.8. The Morgan fingerprint density at radius 2 is 1.83 bits per heavy atom. The maximum atomic E-state index is 13.6. The molecular formula is C14H21FN2O. The largest absolute Gasteiger partial charge is 0.492 e. The highest BCUT2D eigenvalue weighted by atomic mass is 19.1. The Kier molecular flexibility index (Phi) is 4.07. The van der Waals surface area contributed by atoms with Crippen LogP contribution in [0.4, 0.5) is 10.1 Å². The Bertz CT molecular complexity index is 401. The molecule has 1 aromatic carbocycles. The third-order valence-electron chi connectivity index (χ3n) is 3.54. The van der Waals surface area contributed by atoms with E-state index in [1.54, 1.807) is 6.07 Å². The van der Waals surface area contributed by atoms with Crippen LogP contribution in [0, 0.1) is 5.82 Å². The van der Waals surface area contributed by atoms with Crippen LogP contribution in [-0.2, 0) is 0 Å². The van der Waals surface area contributed by atoms with Gasteiger partial charge >= 0.3 is 0 Å². The van der Waals surface area contributed by atoms with Gasteiger partial charge in [-0.1, -0.05) is 6.07 Å². The molecule has 1 heterocycles. The summed E-state index contributed by atoms with van der Waals surface area (Å²) in [6.45, 7) is 8.27. The summed E-state index contributed by atoms with van der Waals surface area (Å²) in [6.07, 6.45) is 0. The van der Waals surface area contributed by atoms with Gasteiger partial charge < -0.3 is 9.64 Å². The van der Waals surface area contributed by atoms with E-state index in [4.69, 9.17) is 4.74 Å². The average molecular weight is 252 g/mol. The van der Waals surface area contributed by atoms with E-state index in [1.807, 2.05) is 6.07 Å². The van der Waals surface area contributed by atoms with Crippen LogP contribution in [0.2, 0.25) is 0 Å². The summed E-state index contributed by atoms with van der Waals surface area (Å²) in [6, 6.07) is 5.67. The van der Waals surface area contributed by atoms with Crippen molar-refractivity contribution in [3.8, 4) is 5.75 Å². The molecule has 1 saturated heterocycles. The number of methoxy groups -OCH3 is 1. The van der Waals surface area contributed by atoms with Crippen LogP contribution in [0.15, 0.2) is 18.2 Å². The molecule has 0 atom stereocenters. The predicted molar refractivity (Wildman–Crippen MR) is 71.9 cm³/mol. The highest BCUT2D eigenvalue weighted by molar-refractivity contribution is 5.59. The van der Waals surface area contributed by atoms with E-state index in [-0.39, 0.29) is 5.82 Å². The van der Waals surface area contributed by atoms with E-state index in [2.05, 4.69) is 23.6 Å². The molecule has 1 aliphatic rings. The van der Waals surface area contributed by atoms with Crippen LogP contribution in [0.25, 0.3) is 0 Å². The van der Waals surface area contributed by atoms with Crippen molar-refractivity contribution >= 4 is 5.69 Å². The molecular weight excluding hydrogens is 231 g/mol. The topological polar surface area (TPSA) is 15.7 Å². The molecule has 1 fully saturated rings. The minimum atomic E-state index is -0.290. The normalized spacial score (nSPS) is 17.3. The van der Waals surface area contributed by atoms with Crippen LogP contribution in [0.1, 0.15) is 13.8 Å². The standard InChI is InChI=1S/C14H21FN2O/c1-11(2)16-7-9-17(10-8-16)13-6-4-5-12(15)14(13)18-3/h4-6,11H,7-10H2,1-3H3. The Morgan fingerprint density at radius 3 is 2.39 bits per heavy atom. The van der Waals surface area contributed by atoms with Crippen LogP contribution in [0.3, 0.4) is 0 Å². The highest BCUT2D eigenvalue weighted by Gasteiger charge is 2.22. The number of hydrogen-bond acceptors (Lipinski definition) is 3. The average Bonchev–Trinajstić information content (AvgIpc) is 2.38. The number of ether oxygens (including phenoxy) is 1. The molecule has 1 aromatic rings. The summed E-state index contributed by atoms with van der Waals surface area (Å²) in [4.78, 5) is 4.63. The lowest BCUT2D eigenvalue weighted by atomic mass is 10.2. The third-order valence-corrected chi connectivity index (χ3v) is 3.54. The lowest BCUT2D eigenvalue weighted by Gasteiger charge is -2.38. The number of rotatable bonds is 3. The minimum absolute atomic E-state index is 0.290. The number of para-hydroxylation sites is 1. The van der Waals surface area contributed by atoms with Gasteiger partial charge in [-0.25, -0.2) is 4.39 Å². The first-order valence-electron chi connectivity index (χ1n) is 6.45.